The van der Waals surface area contributed by atoms with Crippen LogP contribution in [0.1, 0.15) is 10.4 Å². The summed E-state index contributed by atoms with van der Waals surface area (Å²) in [6.07, 6.45) is 3.18. The van der Waals surface area contributed by atoms with E-state index >= 15 is 0 Å². The molecule has 0 fully saturated rings. The third-order valence-corrected chi connectivity index (χ3v) is 2.69. The smallest absolute Gasteiger partial charge is 0.337 e. The zero-order valence-electron chi connectivity index (χ0n) is 9.71. The van der Waals surface area contributed by atoms with Crippen LogP contribution >= 0.6 is 11.6 Å². The highest BCUT2D eigenvalue weighted by molar-refractivity contribution is 6.34. The number of rotatable bonds is 4. The monoisotopic (exact) mass is 279 g/mol. The van der Waals surface area contributed by atoms with Gasteiger partial charge in [0.25, 0.3) is 0 Å². The van der Waals surface area contributed by atoms with Crippen molar-refractivity contribution in [2.24, 2.45) is 0 Å². The second kappa shape index (κ2) is 5.53. The van der Waals surface area contributed by atoms with Crippen LogP contribution in [0.2, 0.25) is 5.02 Å². The van der Waals surface area contributed by atoms with E-state index in [1.807, 2.05) is 0 Å². The van der Waals surface area contributed by atoms with Crippen LogP contribution in [0.5, 0.6) is 0 Å². The van der Waals surface area contributed by atoms with E-state index in [0.29, 0.717) is 0 Å². The average Bonchev–Trinajstić information content (AvgIpc) is 2.84. The van der Waals surface area contributed by atoms with Gasteiger partial charge in [0.2, 0.25) is 5.91 Å². The predicted octanol–water partition coefficient (Wildman–Crippen LogP) is 1.87. The number of amides is 1. The van der Waals surface area contributed by atoms with E-state index in [1.54, 1.807) is 18.5 Å². The fourth-order valence-corrected chi connectivity index (χ4v) is 1.77. The molecule has 98 valence electrons. The zero-order chi connectivity index (χ0) is 13.8. The minimum absolute atomic E-state index is 0.0166. The number of anilines is 1. The maximum Gasteiger partial charge on any atom is 0.337 e. The number of carbonyl (C=O) groups is 2. The summed E-state index contributed by atoms with van der Waals surface area (Å²) in [5, 5.41) is 15.6. The molecular weight excluding hydrogens is 270 g/mol. The third kappa shape index (κ3) is 3.11. The largest absolute Gasteiger partial charge is 0.478 e. The molecule has 6 nitrogen and oxygen atoms in total. The SMILES string of the molecule is O=C(Cn1cccn1)Nc1c(Cl)cccc1C(=O)O. The van der Waals surface area contributed by atoms with Gasteiger partial charge in [0, 0.05) is 12.4 Å². The van der Waals surface area contributed by atoms with E-state index in [2.05, 4.69) is 10.4 Å². The molecule has 0 saturated heterocycles. The highest BCUT2D eigenvalue weighted by Gasteiger charge is 2.15. The van der Waals surface area contributed by atoms with Gasteiger partial charge in [0.1, 0.15) is 6.54 Å². The van der Waals surface area contributed by atoms with Crippen LogP contribution in [0.3, 0.4) is 0 Å². The number of nitrogens with one attached hydrogen (secondary N) is 1. The average molecular weight is 280 g/mol. The van der Waals surface area contributed by atoms with Gasteiger partial charge in [-0.2, -0.15) is 5.10 Å². The van der Waals surface area contributed by atoms with E-state index in [9.17, 15) is 9.59 Å². The van der Waals surface area contributed by atoms with Crippen LogP contribution < -0.4 is 5.32 Å². The van der Waals surface area contributed by atoms with Gasteiger partial charge in [0.15, 0.2) is 0 Å². The van der Waals surface area contributed by atoms with E-state index < -0.39 is 11.9 Å². The highest BCUT2D eigenvalue weighted by atomic mass is 35.5. The van der Waals surface area contributed by atoms with Gasteiger partial charge in [-0.3, -0.25) is 9.48 Å². The number of halogens is 1. The lowest BCUT2D eigenvalue weighted by atomic mass is 10.2. The van der Waals surface area contributed by atoms with Gasteiger partial charge in [0.05, 0.1) is 16.3 Å². The summed E-state index contributed by atoms with van der Waals surface area (Å²) in [6.45, 7) is -0.0166. The molecule has 2 rings (SSSR count). The summed E-state index contributed by atoms with van der Waals surface area (Å²) in [4.78, 5) is 22.8. The van der Waals surface area contributed by atoms with Crippen LogP contribution in [0.4, 0.5) is 5.69 Å². The van der Waals surface area contributed by atoms with Crippen molar-refractivity contribution in [3.63, 3.8) is 0 Å². The lowest BCUT2D eigenvalue weighted by Crippen LogP contribution is -2.20. The molecule has 1 heterocycles. The molecule has 19 heavy (non-hydrogen) atoms. The molecule has 1 aromatic carbocycles. The Kier molecular flexibility index (Phi) is 3.82. The Morgan fingerprint density at radius 3 is 2.79 bits per heavy atom. The molecule has 0 spiro atoms. The summed E-state index contributed by atoms with van der Waals surface area (Å²) < 4.78 is 1.42. The molecule has 0 aliphatic carbocycles. The number of hydrogen-bond donors (Lipinski definition) is 2. The molecule has 0 saturated carbocycles. The zero-order valence-corrected chi connectivity index (χ0v) is 10.5. The first-order valence-electron chi connectivity index (χ1n) is 5.37. The number of aromatic nitrogens is 2. The quantitative estimate of drug-likeness (QED) is 0.895. The topological polar surface area (TPSA) is 84.2 Å². The van der Waals surface area contributed by atoms with Gasteiger partial charge in [-0.05, 0) is 18.2 Å². The lowest BCUT2D eigenvalue weighted by molar-refractivity contribution is -0.116. The van der Waals surface area contributed by atoms with Crippen LogP contribution in [0.25, 0.3) is 0 Å². The Labute approximate surface area is 113 Å². The van der Waals surface area contributed by atoms with Crippen molar-refractivity contribution < 1.29 is 14.7 Å². The van der Waals surface area contributed by atoms with E-state index in [4.69, 9.17) is 16.7 Å². The Balaban J connectivity index is 2.19. The summed E-state index contributed by atoms with van der Waals surface area (Å²) in [5.41, 5.74) is 0.0372. The maximum atomic E-state index is 11.8. The van der Waals surface area contributed by atoms with Crippen LogP contribution in [0.15, 0.2) is 36.7 Å². The lowest BCUT2D eigenvalue weighted by Gasteiger charge is -2.10. The normalized spacial score (nSPS) is 10.2. The minimum atomic E-state index is -1.16. The summed E-state index contributed by atoms with van der Waals surface area (Å²) >= 11 is 5.90. The molecular formula is C12H10ClN3O3. The van der Waals surface area contributed by atoms with Crippen molar-refractivity contribution in [3.05, 3.63) is 47.2 Å². The van der Waals surface area contributed by atoms with Crippen molar-refractivity contribution in [1.29, 1.82) is 0 Å². The second-order valence-electron chi connectivity index (χ2n) is 3.72. The van der Waals surface area contributed by atoms with Gasteiger partial charge >= 0.3 is 5.97 Å². The first-order valence-corrected chi connectivity index (χ1v) is 5.75. The molecule has 7 heteroatoms. The predicted molar refractivity (Wildman–Crippen MR) is 69.3 cm³/mol. The van der Waals surface area contributed by atoms with Gasteiger partial charge in [-0.25, -0.2) is 4.79 Å². The standard InChI is InChI=1S/C12H10ClN3O3/c13-9-4-1-3-8(12(18)19)11(9)15-10(17)7-16-6-2-5-14-16/h1-6H,7H2,(H,15,17)(H,18,19). The molecule has 0 unspecified atom stereocenters. The summed E-state index contributed by atoms with van der Waals surface area (Å²) in [6, 6.07) is 6.08. The number of carbonyl (C=O) groups excluding carboxylic acids is 1. The number of nitrogens with zero attached hydrogens (tertiary/aromatic N) is 2. The molecule has 2 N–H and O–H groups in total. The van der Waals surface area contributed by atoms with Crippen molar-refractivity contribution in [2.75, 3.05) is 5.32 Å². The molecule has 0 aliphatic heterocycles. The number of aromatic carboxylic acids is 1. The molecule has 0 atom stereocenters. The fourth-order valence-electron chi connectivity index (χ4n) is 1.55. The first-order chi connectivity index (χ1) is 9.08. The van der Waals surface area contributed by atoms with E-state index in [0.717, 1.165) is 0 Å². The van der Waals surface area contributed by atoms with Crippen molar-refractivity contribution in [1.82, 2.24) is 9.78 Å². The van der Waals surface area contributed by atoms with Crippen molar-refractivity contribution in [2.45, 2.75) is 6.54 Å². The Bertz CT molecular complexity index is 611. The molecule has 0 bridgehead atoms. The molecule has 1 amide bonds. The van der Waals surface area contributed by atoms with Gasteiger partial charge in [-0.15, -0.1) is 0 Å². The second-order valence-corrected chi connectivity index (χ2v) is 4.13. The molecule has 0 radical (unpaired) electrons. The van der Waals surface area contributed by atoms with Gasteiger partial charge in [-0.1, -0.05) is 17.7 Å². The fraction of sp³-hybridized carbons (Fsp3) is 0.0833. The van der Waals surface area contributed by atoms with Crippen molar-refractivity contribution in [3.8, 4) is 0 Å². The number of carboxylic acids is 1. The van der Waals surface area contributed by atoms with E-state index in [1.165, 1.54) is 22.9 Å². The van der Waals surface area contributed by atoms with E-state index in [-0.39, 0.29) is 22.8 Å². The van der Waals surface area contributed by atoms with Gasteiger partial charge < -0.3 is 10.4 Å². The Morgan fingerprint density at radius 2 is 2.16 bits per heavy atom. The number of benzene rings is 1. The molecule has 2 aromatic rings. The summed E-state index contributed by atoms with van der Waals surface area (Å²) in [7, 11) is 0. The van der Waals surface area contributed by atoms with Crippen molar-refractivity contribution >= 4 is 29.2 Å². The third-order valence-electron chi connectivity index (χ3n) is 2.37. The maximum absolute atomic E-state index is 11.8. The Morgan fingerprint density at radius 1 is 1.37 bits per heavy atom. The molecule has 1 aromatic heterocycles. The number of para-hydroxylation sites is 1. The highest BCUT2D eigenvalue weighted by Crippen LogP contribution is 2.26. The number of carboxylic acid groups (broad SMARTS) is 1. The Hall–Kier alpha value is -2.34. The van der Waals surface area contributed by atoms with Crippen LogP contribution in [-0.2, 0) is 11.3 Å². The van der Waals surface area contributed by atoms with Crippen LogP contribution in [-0.4, -0.2) is 26.8 Å². The molecule has 0 aliphatic rings. The number of hydrogen-bond acceptors (Lipinski definition) is 3. The first kappa shape index (κ1) is 13.1. The summed E-state index contributed by atoms with van der Waals surface area (Å²) in [5.74, 6) is -1.56. The minimum Gasteiger partial charge on any atom is -0.478 e. The van der Waals surface area contributed by atoms with Crippen LogP contribution in [0, 0.1) is 0 Å².